The van der Waals surface area contributed by atoms with Gasteiger partial charge in [0.25, 0.3) is 5.69 Å². The zero-order valence-electron chi connectivity index (χ0n) is 15.6. The van der Waals surface area contributed by atoms with E-state index in [0.717, 1.165) is 21.9 Å². The lowest BCUT2D eigenvalue weighted by molar-refractivity contribution is -0.384. The van der Waals surface area contributed by atoms with Crippen molar-refractivity contribution in [2.75, 3.05) is 0 Å². The molecule has 5 rings (SSSR count). The third-order valence-corrected chi connectivity index (χ3v) is 5.03. The van der Waals surface area contributed by atoms with Crippen molar-refractivity contribution in [3.8, 4) is 22.4 Å². The van der Waals surface area contributed by atoms with Gasteiger partial charge in [-0.15, -0.1) is 0 Å². The number of aromatic nitrogens is 1. The van der Waals surface area contributed by atoms with Crippen LogP contribution in [-0.2, 0) is 0 Å². The van der Waals surface area contributed by atoms with Crippen molar-refractivity contribution in [2.24, 2.45) is 0 Å². The number of nitrogens with zero attached hydrogens (tertiary/aromatic N) is 2. The Labute approximate surface area is 170 Å². The predicted molar refractivity (Wildman–Crippen MR) is 115 cm³/mol. The van der Waals surface area contributed by atoms with Crippen LogP contribution < -0.4 is 5.63 Å². The van der Waals surface area contributed by atoms with Crippen LogP contribution >= 0.6 is 0 Å². The summed E-state index contributed by atoms with van der Waals surface area (Å²) in [5, 5.41) is 12.5. The number of hydrogen-bond acceptors (Lipinski definition) is 5. The summed E-state index contributed by atoms with van der Waals surface area (Å²) < 4.78 is 5.50. The average molecular weight is 394 g/mol. The van der Waals surface area contributed by atoms with Crippen LogP contribution in [0.4, 0.5) is 5.69 Å². The third kappa shape index (κ3) is 2.91. The first kappa shape index (κ1) is 17.8. The van der Waals surface area contributed by atoms with Gasteiger partial charge in [0.2, 0.25) is 0 Å². The minimum Gasteiger partial charge on any atom is -0.421 e. The minimum absolute atomic E-state index is 0.00618. The molecule has 30 heavy (non-hydrogen) atoms. The van der Waals surface area contributed by atoms with Crippen LogP contribution in [0.1, 0.15) is 0 Å². The van der Waals surface area contributed by atoms with Crippen molar-refractivity contribution in [3.63, 3.8) is 0 Å². The number of non-ortho nitro benzene ring substituents is 1. The van der Waals surface area contributed by atoms with Crippen molar-refractivity contribution in [2.45, 2.75) is 0 Å². The molecule has 0 saturated heterocycles. The van der Waals surface area contributed by atoms with Gasteiger partial charge >= 0.3 is 5.63 Å². The molecular formula is C24H14N2O4. The summed E-state index contributed by atoms with van der Waals surface area (Å²) in [6.07, 6.45) is 0. The lowest BCUT2D eigenvalue weighted by Crippen LogP contribution is -2.04. The molecule has 2 heterocycles. The Morgan fingerprint density at radius 2 is 1.53 bits per heavy atom. The number of fused-ring (bicyclic) bond motifs is 3. The molecule has 0 aliphatic carbocycles. The summed E-state index contributed by atoms with van der Waals surface area (Å²) in [7, 11) is 0. The van der Waals surface area contributed by atoms with E-state index in [-0.39, 0.29) is 11.2 Å². The zero-order chi connectivity index (χ0) is 20.7. The Morgan fingerprint density at radius 1 is 0.833 bits per heavy atom. The van der Waals surface area contributed by atoms with Crippen molar-refractivity contribution < 1.29 is 9.34 Å². The molecule has 0 radical (unpaired) electrons. The molecule has 6 nitrogen and oxygen atoms in total. The molecule has 0 unspecified atom stereocenters. The van der Waals surface area contributed by atoms with E-state index in [1.165, 1.54) is 12.1 Å². The first-order valence-electron chi connectivity index (χ1n) is 9.29. The van der Waals surface area contributed by atoms with Gasteiger partial charge in [0, 0.05) is 28.5 Å². The molecule has 0 aliphatic rings. The molecule has 0 fully saturated rings. The fourth-order valence-electron chi connectivity index (χ4n) is 3.62. The van der Waals surface area contributed by atoms with E-state index < -0.39 is 10.5 Å². The molecule has 0 amide bonds. The fourth-order valence-corrected chi connectivity index (χ4v) is 3.62. The zero-order valence-corrected chi connectivity index (χ0v) is 15.6. The fraction of sp³-hybridized carbons (Fsp3) is 0. The molecule has 2 aromatic heterocycles. The molecule has 0 N–H and O–H groups in total. The number of nitro groups is 1. The molecule has 5 aromatic rings. The highest BCUT2D eigenvalue weighted by molar-refractivity contribution is 6.11. The Morgan fingerprint density at radius 3 is 2.27 bits per heavy atom. The lowest BCUT2D eigenvalue weighted by Gasteiger charge is -2.11. The lowest BCUT2D eigenvalue weighted by atomic mass is 9.96. The highest BCUT2D eigenvalue weighted by Gasteiger charge is 2.17. The van der Waals surface area contributed by atoms with Crippen LogP contribution in [0, 0.1) is 10.1 Å². The van der Waals surface area contributed by atoms with Crippen LogP contribution in [-0.4, -0.2) is 9.91 Å². The predicted octanol–water partition coefficient (Wildman–Crippen LogP) is 5.58. The van der Waals surface area contributed by atoms with Gasteiger partial charge in [0.15, 0.2) is 5.52 Å². The second kappa shape index (κ2) is 6.93. The molecule has 0 atom stereocenters. The van der Waals surface area contributed by atoms with Gasteiger partial charge in [-0.3, -0.25) is 10.1 Å². The maximum absolute atomic E-state index is 12.8. The van der Waals surface area contributed by atoms with Crippen LogP contribution in [0.2, 0.25) is 0 Å². The van der Waals surface area contributed by atoms with Crippen molar-refractivity contribution in [3.05, 3.63) is 105 Å². The molecule has 3 aromatic carbocycles. The molecule has 0 aliphatic heterocycles. The highest BCUT2D eigenvalue weighted by atomic mass is 16.6. The second-order valence-electron chi connectivity index (χ2n) is 6.83. The Balaban J connectivity index is 1.87. The van der Waals surface area contributed by atoms with Gasteiger partial charge in [0.05, 0.1) is 10.6 Å². The van der Waals surface area contributed by atoms with E-state index in [4.69, 9.17) is 4.42 Å². The topological polar surface area (TPSA) is 86.2 Å². The second-order valence-corrected chi connectivity index (χ2v) is 6.83. The average Bonchev–Trinajstić information content (AvgIpc) is 2.79. The summed E-state index contributed by atoms with van der Waals surface area (Å²) in [5.74, 6) is 0. The van der Waals surface area contributed by atoms with Gasteiger partial charge in [-0.2, -0.15) is 0 Å². The molecule has 144 valence electrons. The first-order chi connectivity index (χ1) is 14.6. The summed E-state index contributed by atoms with van der Waals surface area (Å²) >= 11 is 0. The van der Waals surface area contributed by atoms with E-state index in [9.17, 15) is 14.9 Å². The number of para-hydroxylation sites is 1. The molecule has 6 heteroatoms. The smallest absolute Gasteiger partial charge is 0.363 e. The Kier molecular flexibility index (Phi) is 4.10. The van der Waals surface area contributed by atoms with E-state index in [1.54, 1.807) is 18.2 Å². The minimum atomic E-state index is -0.523. The Hall–Kier alpha value is -4.32. The molecule has 0 spiro atoms. The van der Waals surface area contributed by atoms with Crippen LogP contribution in [0.5, 0.6) is 0 Å². The van der Waals surface area contributed by atoms with E-state index in [0.29, 0.717) is 16.8 Å². The standard InChI is InChI=1S/C24H14N2O4/c27-24-23-22(18-8-4-5-9-21(18)30-24)19(15-6-2-1-3-7-15)14-20(25-23)16-10-12-17(13-11-16)26(28)29/h1-14H. The van der Waals surface area contributed by atoms with E-state index >= 15 is 0 Å². The van der Waals surface area contributed by atoms with E-state index in [2.05, 4.69) is 4.98 Å². The van der Waals surface area contributed by atoms with Gasteiger partial charge in [-0.1, -0.05) is 48.5 Å². The third-order valence-electron chi connectivity index (χ3n) is 5.03. The maximum Gasteiger partial charge on any atom is 0.363 e. The number of rotatable bonds is 3. The number of hydrogen-bond donors (Lipinski definition) is 0. The summed E-state index contributed by atoms with van der Waals surface area (Å²) in [4.78, 5) is 27.9. The monoisotopic (exact) mass is 394 g/mol. The van der Waals surface area contributed by atoms with Crippen molar-refractivity contribution >= 4 is 27.6 Å². The first-order valence-corrected chi connectivity index (χ1v) is 9.29. The summed E-state index contributed by atoms with van der Waals surface area (Å²) in [6.45, 7) is 0. The van der Waals surface area contributed by atoms with Crippen LogP contribution in [0.3, 0.4) is 0 Å². The normalized spacial score (nSPS) is 11.1. The van der Waals surface area contributed by atoms with Crippen LogP contribution in [0.25, 0.3) is 44.3 Å². The van der Waals surface area contributed by atoms with Gasteiger partial charge < -0.3 is 4.42 Å². The maximum atomic E-state index is 12.8. The van der Waals surface area contributed by atoms with Crippen molar-refractivity contribution in [1.82, 2.24) is 4.98 Å². The van der Waals surface area contributed by atoms with Gasteiger partial charge in [-0.25, -0.2) is 9.78 Å². The largest absolute Gasteiger partial charge is 0.421 e. The number of pyridine rings is 1. The summed E-state index contributed by atoms with van der Waals surface area (Å²) in [6, 6.07) is 25.1. The van der Waals surface area contributed by atoms with Crippen LogP contribution in [0.15, 0.2) is 94.1 Å². The van der Waals surface area contributed by atoms with Crippen molar-refractivity contribution in [1.29, 1.82) is 0 Å². The molecule has 0 saturated carbocycles. The Bertz CT molecular complexity index is 1470. The van der Waals surface area contributed by atoms with E-state index in [1.807, 2.05) is 54.6 Å². The molecule has 0 bridgehead atoms. The molecular weight excluding hydrogens is 380 g/mol. The van der Waals surface area contributed by atoms with Gasteiger partial charge in [0.1, 0.15) is 5.58 Å². The quantitative estimate of drug-likeness (QED) is 0.172. The number of nitro benzene ring substituents is 1. The highest BCUT2D eigenvalue weighted by Crippen LogP contribution is 2.35. The number of benzene rings is 3. The SMILES string of the molecule is O=c1oc2ccccc2c2c(-c3ccccc3)cc(-c3ccc([N+](=O)[O-])cc3)nc12. The summed E-state index contributed by atoms with van der Waals surface area (Å²) in [5.41, 5.74) is 3.19. The van der Waals surface area contributed by atoms with Gasteiger partial charge in [-0.05, 0) is 35.4 Å².